The van der Waals surface area contributed by atoms with Crippen molar-refractivity contribution in [2.24, 2.45) is 5.92 Å². The van der Waals surface area contributed by atoms with Crippen LogP contribution in [-0.2, 0) is 17.9 Å². The maximum Gasteiger partial charge on any atom is 0.223 e. The van der Waals surface area contributed by atoms with Crippen LogP contribution in [0.5, 0.6) is 0 Å². The molecule has 0 aromatic carbocycles. The summed E-state index contributed by atoms with van der Waals surface area (Å²) < 4.78 is 2.16. The fraction of sp³-hybridized carbons (Fsp3) is 0.579. The quantitative estimate of drug-likeness (QED) is 0.863. The number of thiophene rings is 1. The van der Waals surface area contributed by atoms with E-state index in [4.69, 9.17) is 0 Å². The Morgan fingerprint density at radius 3 is 2.96 bits per heavy atom. The average Bonchev–Trinajstić information content (AvgIpc) is 3.14. The van der Waals surface area contributed by atoms with Crippen molar-refractivity contribution in [1.82, 2.24) is 20.0 Å². The summed E-state index contributed by atoms with van der Waals surface area (Å²) >= 11 is 1.88. The number of aromatic nitrogens is 2. The van der Waals surface area contributed by atoms with E-state index in [2.05, 4.69) is 45.1 Å². The summed E-state index contributed by atoms with van der Waals surface area (Å²) in [6.45, 7) is 5.83. The zero-order chi connectivity index (χ0) is 17.2. The molecule has 1 N–H and O–H groups in total. The second-order valence-electron chi connectivity index (χ2n) is 7.31. The standard InChI is InChI=1S/C19H26N4OS/c1-14-5-6-18(25-14)13-22-11-16(23-17(12-22)8-10-21-23)7-9-20-19(24)15-3-2-4-15/h5-6,8,10,15-16H,2-4,7,9,11-13H2,1H3,(H,20,24)/t16-/m0/s1. The van der Waals surface area contributed by atoms with Crippen molar-refractivity contribution in [3.8, 4) is 0 Å². The minimum Gasteiger partial charge on any atom is -0.356 e. The molecule has 0 bridgehead atoms. The van der Waals surface area contributed by atoms with Crippen LogP contribution in [0.25, 0.3) is 0 Å². The first-order chi connectivity index (χ1) is 12.2. The minimum absolute atomic E-state index is 0.244. The van der Waals surface area contributed by atoms with Gasteiger partial charge in [-0.2, -0.15) is 5.10 Å². The lowest BCUT2D eigenvalue weighted by atomic mass is 9.85. The van der Waals surface area contributed by atoms with Crippen molar-refractivity contribution >= 4 is 17.2 Å². The molecule has 1 saturated carbocycles. The second kappa shape index (κ2) is 7.30. The molecule has 2 aromatic rings. The molecule has 1 amide bonds. The highest BCUT2D eigenvalue weighted by atomic mass is 32.1. The second-order valence-corrected chi connectivity index (χ2v) is 8.68. The summed E-state index contributed by atoms with van der Waals surface area (Å²) in [5.41, 5.74) is 1.27. The molecule has 0 spiro atoms. The molecule has 3 heterocycles. The molecule has 0 radical (unpaired) electrons. The van der Waals surface area contributed by atoms with E-state index in [1.165, 1.54) is 21.9 Å². The van der Waals surface area contributed by atoms with Crippen LogP contribution in [0, 0.1) is 12.8 Å². The summed E-state index contributed by atoms with van der Waals surface area (Å²) in [6.07, 6.45) is 6.16. The molecule has 4 rings (SSSR count). The lowest BCUT2D eigenvalue weighted by Gasteiger charge is -2.34. The van der Waals surface area contributed by atoms with Gasteiger partial charge in [0.1, 0.15) is 0 Å². The first-order valence-corrected chi connectivity index (χ1v) is 10.1. The van der Waals surface area contributed by atoms with Crippen LogP contribution in [0.4, 0.5) is 0 Å². The van der Waals surface area contributed by atoms with Gasteiger partial charge in [-0.3, -0.25) is 14.4 Å². The smallest absolute Gasteiger partial charge is 0.223 e. The van der Waals surface area contributed by atoms with Gasteiger partial charge in [0.2, 0.25) is 5.91 Å². The summed E-state index contributed by atoms with van der Waals surface area (Å²) in [5.74, 6) is 0.513. The van der Waals surface area contributed by atoms with Gasteiger partial charge in [-0.15, -0.1) is 11.3 Å². The fourth-order valence-electron chi connectivity index (χ4n) is 3.77. The predicted octanol–water partition coefficient (Wildman–Crippen LogP) is 3.12. The number of hydrogen-bond donors (Lipinski definition) is 1. The van der Waals surface area contributed by atoms with Crippen molar-refractivity contribution < 1.29 is 4.79 Å². The predicted molar refractivity (Wildman–Crippen MR) is 99.4 cm³/mol. The normalized spacial score (nSPS) is 20.9. The number of amides is 1. The maximum absolute atomic E-state index is 12.0. The number of aryl methyl sites for hydroxylation is 1. The number of carbonyl (C=O) groups is 1. The van der Waals surface area contributed by atoms with Gasteiger partial charge in [0, 0.05) is 48.0 Å². The first-order valence-electron chi connectivity index (χ1n) is 9.27. The van der Waals surface area contributed by atoms with Crippen molar-refractivity contribution in [1.29, 1.82) is 0 Å². The third kappa shape index (κ3) is 3.80. The van der Waals surface area contributed by atoms with Crippen LogP contribution < -0.4 is 5.32 Å². The van der Waals surface area contributed by atoms with Crippen LogP contribution in [0.2, 0.25) is 0 Å². The maximum atomic E-state index is 12.0. The third-order valence-electron chi connectivity index (χ3n) is 5.38. The van der Waals surface area contributed by atoms with Crippen LogP contribution in [-0.4, -0.2) is 33.7 Å². The zero-order valence-corrected chi connectivity index (χ0v) is 15.6. The Morgan fingerprint density at radius 2 is 2.24 bits per heavy atom. The van der Waals surface area contributed by atoms with Gasteiger partial charge < -0.3 is 5.32 Å². The average molecular weight is 359 g/mol. The van der Waals surface area contributed by atoms with E-state index in [1.807, 2.05) is 17.5 Å². The Hall–Kier alpha value is -1.66. The first kappa shape index (κ1) is 16.8. The fourth-order valence-corrected chi connectivity index (χ4v) is 4.70. The van der Waals surface area contributed by atoms with Gasteiger partial charge in [-0.05, 0) is 44.4 Å². The highest BCUT2D eigenvalue weighted by Crippen LogP contribution is 2.27. The SMILES string of the molecule is Cc1ccc(CN2Cc3ccnn3[C@@H](CCNC(=O)C3CCC3)C2)s1. The van der Waals surface area contributed by atoms with Crippen LogP contribution in [0.1, 0.15) is 47.2 Å². The van der Waals surface area contributed by atoms with Crippen LogP contribution in [0.15, 0.2) is 24.4 Å². The summed E-state index contributed by atoms with van der Waals surface area (Å²) in [6, 6.07) is 6.88. The van der Waals surface area contributed by atoms with Gasteiger partial charge in [-0.1, -0.05) is 6.42 Å². The highest BCUT2D eigenvalue weighted by molar-refractivity contribution is 7.11. The van der Waals surface area contributed by atoms with Gasteiger partial charge in [0.25, 0.3) is 0 Å². The Bertz CT molecular complexity index is 733. The van der Waals surface area contributed by atoms with E-state index < -0.39 is 0 Å². The van der Waals surface area contributed by atoms with E-state index in [1.54, 1.807) is 0 Å². The highest BCUT2D eigenvalue weighted by Gasteiger charge is 2.27. The minimum atomic E-state index is 0.244. The third-order valence-corrected chi connectivity index (χ3v) is 6.37. The summed E-state index contributed by atoms with van der Waals surface area (Å²) in [4.78, 5) is 17.3. The number of nitrogens with one attached hydrogen (secondary N) is 1. The summed E-state index contributed by atoms with van der Waals surface area (Å²) in [7, 11) is 0. The largest absolute Gasteiger partial charge is 0.356 e. The number of hydrogen-bond acceptors (Lipinski definition) is 4. The Labute approximate surface area is 153 Å². The van der Waals surface area contributed by atoms with Crippen molar-refractivity contribution in [3.05, 3.63) is 39.8 Å². The molecule has 6 heteroatoms. The van der Waals surface area contributed by atoms with E-state index >= 15 is 0 Å². The molecular formula is C19H26N4OS. The Kier molecular flexibility index (Phi) is 4.90. The number of nitrogens with zero attached hydrogens (tertiary/aromatic N) is 3. The molecule has 1 atom stereocenters. The Morgan fingerprint density at radius 1 is 1.36 bits per heavy atom. The number of fused-ring (bicyclic) bond motifs is 1. The topological polar surface area (TPSA) is 50.2 Å². The van der Waals surface area contributed by atoms with Crippen LogP contribution in [0.3, 0.4) is 0 Å². The van der Waals surface area contributed by atoms with Gasteiger partial charge >= 0.3 is 0 Å². The molecule has 1 aliphatic carbocycles. The van der Waals surface area contributed by atoms with E-state index in [-0.39, 0.29) is 11.8 Å². The van der Waals surface area contributed by atoms with Gasteiger partial charge in [-0.25, -0.2) is 0 Å². The molecule has 0 saturated heterocycles. The molecule has 2 aromatic heterocycles. The van der Waals surface area contributed by atoms with Crippen molar-refractivity contribution in [2.45, 2.75) is 51.7 Å². The molecule has 5 nitrogen and oxygen atoms in total. The van der Waals surface area contributed by atoms with E-state index in [9.17, 15) is 4.79 Å². The van der Waals surface area contributed by atoms with E-state index in [0.717, 1.165) is 45.4 Å². The van der Waals surface area contributed by atoms with Crippen molar-refractivity contribution in [2.75, 3.05) is 13.1 Å². The lowest BCUT2D eigenvalue weighted by molar-refractivity contribution is -0.127. The number of rotatable bonds is 6. The lowest BCUT2D eigenvalue weighted by Crippen LogP contribution is -2.40. The molecule has 2 aliphatic rings. The van der Waals surface area contributed by atoms with Gasteiger partial charge in [0.05, 0.1) is 11.7 Å². The monoisotopic (exact) mass is 358 g/mol. The molecule has 1 fully saturated rings. The molecule has 1 aliphatic heterocycles. The van der Waals surface area contributed by atoms with Gasteiger partial charge in [0.15, 0.2) is 0 Å². The zero-order valence-electron chi connectivity index (χ0n) is 14.8. The van der Waals surface area contributed by atoms with Crippen LogP contribution >= 0.6 is 11.3 Å². The molecular weight excluding hydrogens is 332 g/mol. The summed E-state index contributed by atoms with van der Waals surface area (Å²) in [5, 5.41) is 7.65. The van der Waals surface area contributed by atoms with E-state index in [0.29, 0.717) is 6.04 Å². The van der Waals surface area contributed by atoms with Crippen molar-refractivity contribution in [3.63, 3.8) is 0 Å². The molecule has 25 heavy (non-hydrogen) atoms. The Balaban J connectivity index is 1.35. The molecule has 134 valence electrons. The number of carbonyl (C=O) groups excluding carboxylic acids is 1. The molecule has 0 unspecified atom stereocenters.